The lowest BCUT2D eigenvalue weighted by Crippen LogP contribution is -2.47. The number of rotatable bonds is 9. The predicted octanol–water partition coefficient (Wildman–Crippen LogP) is 3.35. The van der Waals surface area contributed by atoms with Crippen molar-refractivity contribution in [2.45, 2.75) is 57.7 Å². The van der Waals surface area contributed by atoms with E-state index in [0.717, 1.165) is 29.4 Å². The number of benzene rings is 2. The van der Waals surface area contributed by atoms with Gasteiger partial charge in [-0.2, -0.15) is 0 Å². The minimum Gasteiger partial charge on any atom is -0.490 e. The van der Waals surface area contributed by atoms with Gasteiger partial charge in [-0.1, -0.05) is 49.2 Å². The van der Waals surface area contributed by atoms with E-state index in [-0.39, 0.29) is 18.6 Å². The average molecular weight is 385 g/mol. The summed E-state index contributed by atoms with van der Waals surface area (Å²) in [6, 6.07) is 14.5. The molecule has 2 aromatic rings. The highest BCUT2D eigenvalue weighted by Gasteiger charge is 2.22. The molecular formula is C23H32N2O3. The smallest absolute Gasteiger partial charge is 0.234 e. The van der Waals surface area contributed by atoms with E-state index in [2.05, 4.69) is 5.32 Å². The molecule has 28 heavy (non-hydrogen) atoms. The zero-order valence-electron chi connectivity index (χ0n) is 16.9. The van der Waals surface area contributed by atoms with Crippen LogP contribution in [0.1, 0.15) is 39.5 Å². The van der Waals surface area contributed by atoms with E-state index in [0.29, 0.717) is 19.1 Å². The van der Waals surface area contributed by atoms with Crippen molar-refractivity contribution in [3.8, 4) is 5.75 Å². The standard InChI is InChI=1S/C23H32N2O3/c1-17(2)25(15-23(27)24-19-10-4-5-11-19)14-20(26)16-28-22-13-7-9-18-8-3-6-12-21(18)22/h3,6-9,12-13,17,19-20,26H,4-5,10-11,14-16H2,1-2H3,(H,24,27)/t20-/m0/s1. The van der Waals surface area contributed by atoms with Crippen LogP contribution >= 0.6 is 0 Å². The van der Waals surface area contributed by atoms with Crippen molar-refractivity contribution in [3.63, 3.8) is 0 Å². The van der Waals surface area contributed by atoms with E-state index in [9.17, 15) is 9.90 Å². The number of fused-ring (bicyclic) bond motifs is 1. The van der Waals surface area contributed by atoms with Crippen molar-refractivity contribution in [2.24, 2.45) is 0 Å². The van der Waals surface area contributed by atoms with Crippen LogP contribution in [0.4, 0.5) is 0 Å². The van der Waals surface area contributed by atoms with E-state index in [1.165, 1.54) is 12.8 Å². The van der Waals surface area contributed by atoms with Crippen LogP contribution in [0, 0.1) is 0 Å². The lowest BCUT2D eigenvalue weighted by atomic mass is 10.1. The second kappa shape index (κ2) is 9.89. The topological polar surface area (TPSA) is 61.8 Å². The van der Waals surface area contributed by atoms with Gasteiger partial charge in [-0.05, 0) is 38.1 Å². The molecule has 1 atom stereocenters. The Labute approximate surface area is 167 Å². The largest absolute Gasteiger partial charge is 0.490 e. The monoisotopic (exact) mass is 384 g/mol. The highest BCUT2D eigenvalue weighted by Crippen LogP contribution is 2.25. The van der Waals surface area contributed by atoms with Crippen LogP contribution in [0.5, 0.6) is 5.75 Å². The maximum atomic E-state index is 12.4. The molecule has 0 bridgehead atoms. The van der Waals surface area contributed by atoms with E-state index in [1.807, 2.05) is 61.2 Å². The third kappa shape index (κ3) is 5.69. The number of aliphatic hydroxyl groups excluding tert-OH is 1. The molecule has 0 spiro atoms. The maximum absolute atomic E-state index is 12.4. The highest BCUT2D eigenvalue weighted by atomic mass is 16.5. The number of hydrogen-bond acceptors (Lipinski definition) is 4. The van der Waals surface area contributed by atoms with Gasteiger partial charge >= 0.3 is 0 Å². The van der Waals surface area contributed by atoms with Gasteiger partial charge in [0.1, 0.15) is 18.5 Å². The first-order valence-electron chi connectivity index (χ1n) is 10.3. The number of aliphatic hydroxyl groups is 1. The Balaban J connectivity index is 1.52. The second-order valence-electron chi connectivity index (χ2n) is 8.01. The predicted molar refractivity (Wildman–Crippen MR) is 113 cm³/mol. The second-order valence-corrected chi connectivity index (χ2v) is 8.01. The summed E-state index contributed by atoms with van der Waals surface area (Å²) in [6.45, 7) is 4.99. The summed E-state index contributed by atoms with van der Waals surface area (Å²) >= 11 is 0. The minimum absolute atomic E-state index is 0.0442. The van der Waals surface area contributed by atoms with Gasteiger partial charge in [-0.15, -0.1) is 0 Å². The molecule has 3 rings (SSSR count). The molecule has 1 aliphatic rings. The third-order valence-corrected chi connectivity index (χ3v) is 5.42. The Morgan fingerprint density at radius 1 is 1.18 bits per heavy atom. The summed E-state index contributed by atoms with van der Waals surface area (Å²) in [5.74, 6) is 0.815. The lowest BCUT2D eigenvalue weighted by Gasteiger charge is -2.28. The van der Waals surface area contributed by atoms with Gasteiger partial charge in [0.2, 0.25) is 5.91 Å². The molecule has 1 fully saturated rings. The fraction of sp³-hybridized carbons (Fsp3) is 0.522. The van der Waals surface area contributed by atoms with Gasteiger partial charge in [0, 0.05) is 24.0 Å². The Morgan fingerprint density at radius 3 is 2.64 bits per heavy atom. The van der Waals surface area contributed by atoms with Crippen LogP contribution in [0.25, 0.3) is 10.8 Å². The molecule has 1 amide bonds. The zero-order chi connectivity index (χ0) is 19.9. The molecule has 0 aliphatic heterocycles. The number of nitrogens with zero attached hydrogens (tertiary/aromatic N) is 1. The van der Waals surface area contributed by atoms with Gasteiger partial charge in [0.05, 0.1) is 6.54 Å². The van der Waals surface area contributed by atoms with Gasteiger partial charge < -0.3 is 15.2 Å². The Hall–Kier alpha value is -2.11. The molecule has 5 nitrogen and oxygen atoms in total. The summed E-state index contributed by atoms with van der Waals surface area (Å²) in [5, 5.41) is 15.8. The fourth-order valence-electron chi connectivity index (χ4n) is 3.82. The van der Waals surface area contributed by atoms with Crippen LogP contribution in [0.3, 0.4) is 0 Å². The van der Waals surface area contributed by atoms with Crippen molar-refractivity contribution in [3.05, 3.63) is 42.5 Å². The molecule has 0 aromatic heterocycles. The van der Waals surface area contributed by atoms with E-state index < -0.39 is 6.10 Å². The number of nitrogens with one attached hydrogen (secondary N) is 1. The molecule has 2 aromatic carbocycles. The highest BCUT2D eigenvalue weighted by molar-refractivity contribution is 5.88. The number of carbonyl (C=O) groups is 1. The molecule has 0 saturated heterocycles. The van der Waals surface area contributed by atoms with Crippen LogP contribution in [-0.4, -0.2) is 53.8 Å². The summed E-state index contributed by atoms with van der Waals surface area (Å²) in [4.78, 5) is 14.4. The molecule has 152 valence electrons. The van der Waals surface area contributed by atoms with Crippen molar-refractivity contribution >= 4 is 16.7 Å². The average Bonchev–Trinajstić information content (AvgIpc) is 3.18. The minimum atomic E-state index is -0.666. The first-order chi connectivity index (χ1) is 13.5. The van der Waals surface area contributed by atoms with Crippen LogP contribution in [0.2, 0.25) is 0 Å². The Bertz CT molecular complexity index is 766. The molecule has 0 unspecified atom stereocenters. The van der Waals surface area contributed by atoms with Crippen LogP contribution < -0.4 is 10.1 Å². The van der Waals surface area contributed by atoms with Gasteiger partial charge in [0.25, 0.3) is 0 Å². The Kier molecular flexibility index (Phi) is 7.29. The quantitative estimate of drug-likeness (QED) is 0.696. The van der Waals surface area contributed by atoms with Crippen molar-refractivity contribution in [1.82, 2.24) is 10.2 Å². The Morgan fingerprint density at radius 2 is 1.89 bits per heavy atom. The lowest BCUT2D eigenvalue weighted by molar-refractivity contribution is -0.123. The van der Waals surface area contributed by atoms with Crippen LogP contribution in [0.15, 0.2) is 42.5 Å². The fourth-order valence-corrected chi connectivity index (χ4v) is 3.82. The maximum Gasteiger partial charge on any atom is 0.234 e. The number of amides is 1. The summed E-state index contributed by atoms with van der Waals surface area (Å²) in [6.07, 6.45) is 3.89. The number of hydrogen-bond donors (Lipinski definition) is 2. The summed E-state index contributed by atoms with van der Waals surface area (Å²) in [7, 11) is 0. The van der Waals surface area contributed by atoms with Crippen molar-refractivity contribution < 1.29 is 14.6 Å². The summed E-state index contributed by atoms with van der Waals surface area (Å²) < 4.78 is 5.90. The van der Waals surface area contributed by atoms with Crippen molar-refractivity contribution in [1.29, 1.82) is 0 Å². The van der Waals surface area contributed by atoms with Crippen LogP contribution in [-0.2, 0) is 4.79 Å². The van der Waals surface area contributed by atoms with E-state index >= 15 is 0 Å². The molecule has 1 aliphatic carbocycles. The SMILES string of the molecule is CC(C)N(CC(=O)NC1CCCC1)C[C@H](O)COc1cccc2ccccc12. The normalized spacial score (nSPS) is 16.0. The zero-order valence-corrected chi connectivity index (χ0v) is 16.9. The molecule has 0 radical (unpaired) electrons. The van der Waals surface area contributed by atoms with E-state index in [1.54, 1.807) is 0 Å². The number of ether oxygens (including phenoxy) is 1. The molecular weight excluding hydrogens is 352 g/mol. The summed E-state index contributed by atoms with van der Waals surface area (Å²) in [5.41, 5.74) is 0. The first-order valence-corrected chi connectivity index (χ1v) is 10.3. The van der Waals surface area contributed by atoms with Gasteiger partial charge in [-0.3, -0.25) is 9.69 Å². The van der Waals surface area contributed by atoms with E-state index in [4.69, 9.17) is 4.74 Å². The van der Waals surface area contributed by atoms with Gasteiger partial charge in [-0.25, -0.2) is 0 Å². The molecule has 5 heteroatoms. The number of carbonyl (C=O) groups excluding carboxylic acids is 1. The molecule has 0 heterocycles. The van der Waals surface area contributed by atoms with Crippen molar-refractivity contribution in [2.75, 3.05) is 19.7 Å². The molecule has 1 saturated carbocycles. The third-order valence-electron chi connectivity index (χ3n) is 5.42. The van der Waals surface area contributed by atoms with Gasteiger partial charge in [0.15, 0.2) is 0 Å². The first kappa shape index (κ1) is 20.6. The molecule has 2 N–H and O–H groups in total.